The van der Waals surface area contributed by atoms with Crippen molar-refractivity contribution in [1.29, 1.82) is 0 Å². The summed E-state index contributed by atoms with van der Waals surface area (Å²) < 4.78 is 4.91. The van der Waals surface area contributed by atoms with E-state index in [0.717, 1.165) is 0 Å². The molecule has 3 heteroatoms. The topological polar surface area (TPSA) is 26.3 Å². The lowest BCUT2D eigenvalue weighted by atomic mass is 10.5. The number of rotatable bonds is 8. The molecule has 0 spiro atoms. The predicted molar refractivity (Wildman–Crippen MR) is 80.1 cm³/mol. The van der Waals surface area contributed by atoms with Gasteiger partial charge in [0.2, 0.25) is 0 Å². The van der Waals surface area contributed by atoms with E-state index in [2.05, 4.69) is 32.2 Å². The molecule has 0 saturated heterocycles. The molecule has 2 nitrogen and oxygen atoms in total. The molecule has 0 saturated carbocycles. The van der Waals surface area contributed by atoms with Gasteiger partial charge in [-0.3, -0.25) is 4.79 Å². The molecule has 0 aromatic carbocycles. The summed E-state index contributed by atoms with van der Waals surface area (Å²) in [6.07, 6.45) is 3.89. The maximum absolute atomic E-state index is 11.3. The average molecular weight is 268 g/mol. The third kappa shape index (κ3) is 6.86. The lowest BCUT2D eigenvalue weighted by Gasteiger charge is -2.24. The minimum absolute atomic E-state index is 0.183. The molecular weight excluding hydrogens is 240 g/mol. The summed E-state index contributed by atoms with van der Waals surface area (Å²) in [6.45, 7) is 8.98. The van der Waals surface area contributed by atoms with Crippen LogP contribution < -0.4 is 0 Å². The van der Waals surface area contributed by atoms with Crippen LogP contribution >= 0.6 is 0 Å². The van der Waals surface area contributed by atoms with Gasteiger partial charge in [-0.1, -0.05) is 46.0 Å². The number of carbonyl (C=O) groups is 1. The van der Waals surface area contributed by atoms with Crippen LogP contribution in [0.25, 0.3) is 0 Å². The van der Waals surface area contributed by atoms with Crippen LogP contribution in [0.4, 0.5) is 0 Å². The Morgan fingerprint density at radius 3 is 1.89 bits per heavy atom. The fourth-order valence-corrected chi connectivity index (χ4v) is 6.97. The molecule has 0 rings (SSSR count). The van der Waals surface area contributed by atoms with Gasteiger partial charge in [0, 0.05) is 0 Å². The van der Waals surface area contributed by atoms with Crippen LogP contribution in [-0.2, 0) is 9.53 Å². The summed E-state index contributed by atoms with van der Waals surface area (Å²) in [4.78, 5) is 11.3. The molecule has 0 N–H and O–H groups in total. The largest absolute Gasteiger partial charge is 0.465 e. The van der Waals surface area contributed by atoms with Crippen molar-refractivity contribution in [1.82, 2.24) is 0 Å². The van der Waals surface area contributed by atoms with E-state index in [1.165, 1.54) is 37.4 Å². The Hall–Kier alpha value is -0.753. The van der Waals surface area contributed by atoms with Crippen LogP contribution in [-0.4, -0.2) is 20.7 Å². The van der Waals surface area contributed by atoms with E-state index in [0.29, 0.717) is 6.61 Å². The summed E-state index contributed by atoms with van der Waals surface area (Å²) in [5, 5.41) is 0. The van der Waals surface area contributed by atoms with E-state index < -0.39 is 8.07 Å². The van der Waals surface area contributed by atoms with Crippen molar-refractivity contribution in [3.63, 3.8) is 0 Å². The van der Waals surface area contributed by atoms with Gasteiger partial charge in [-0.05, 0) is 25.1 Å². The molecule has 0 radical (unpaired) electrons. The lowest BCUT2D eigenvalue weighted by molar-refractivity contribution is -0.141. The Bertz CT molecular complexity index is 272. The molecule has 18 heavy (non-hydrogen) atoms. The molecular formula is C15H28O2Si. The van der Waals surface area contributed by atoms with E-state index >= 15 is 0 Å². The zero-order chi connectivity index (χ0) is 13.9. The minimum Gasteiger partial charge on any atom is -0.465 e. The quantitative estimate of drug-likeness (QED) is 0.375. The SMILES string of the molecule is CCC[Si](C#CCC(=O)OCC)(CCC)CCC. The molecule has 0 aliphatic carbocycles. The Morgan fingerprint density at radius 2 is 1.50 bits per heavy atom. The van der Waals surface area contributed by atoms with Gasteiger partial charge in [0.25, 0.3) is 0 Å². The van der Waals surface area contributed by atoms with Crippen molar-refractivity contribution in [2.75, 3.05) is 6.61 Å². The third-order valence-electron chi connectivity index (χ3n) is 3.08. The van der Waals surface area contributed by atoms with Crippen LogP contribution in [0, 0.1) is 11.5 Å². The fourth-order valence-electron chi connectivity index (χ4n) is 2.51. The molecule has 0 atom stereocenters. The molecule has 104 valence electrons. The average Bonchev–Trinajstić information content (AvgIpc) is 2.30. The zero-order valence-electron chi connectivity index (χ0n) is 12.5. The number of hydrogen-bond acceptors (Lipinski definition) is 2. The summed E-state index contributed by atoms with van der Waals surface area (Å²) in [5.41, 5.74) is 3.51. The summed E-state index contributed by atoms with van der Waals surface area (Å²) in [6, 6.07) is 3.81. The molecule has 0 aromatic heterocycles. The minimum atomic E-state index is -1.45. The molecule has 0 aliphatic heterocycles. The van der Waals surface area contributed by atoms with Gasteiger partial charge in [0.15, 0.2) is 0 Å². The molecule has 0 aromatic rings. The van der Waals surface area contributed by atoms with Gasteiger partial charge < -0.3 is 4.74 Å². The first-order chi connectivity index (χ1) is 8.64. The van der Waals surface area contributed by atoms with Crippen LogP contribution in [0.15, 0.2) is 0 Å². The second-order valence-electron chi connectivity index (χ2n) is 4.81. The first kappa shape index (κ1) is 17.2. The molecule has 0 unspecified atom stereocenters. The van der Waals surface area contributed by atoms with Crippen molar-refractivity contribution >= 4 is 14.0 Å². The number of esters is 1. The molecule has 0 heterocycles. The standard InChI is InChI=1S/C15H28O2Si/c1-5-11-18(12-6-2,13-7-3)14-9-10-15(16)17-8-4/h5-8,10-13H2,1-4H3. The van der Waals surface area contributed by atoms with Crippen LogP contribution in [0.3, 0.4) is 0 Å². The Labute approximate surface area is 114 Å². The highest BCUT2D eigenvalue weighted by Gasteiger charge is 2.28. The molecule has 0 aliphatic rings. The van der Waals surface area contributed by atoms with Crippen LogP contribution in [0.2, 0.25) is 18.1 Å². The maximum Gasteiger partial charge on any atom is 0.317 e. The zero-order valence-corrected chi connectivity index (χ0v) is 13.5. The highest BCUT2D eigenvalue weighted by molar-refractivity contribution is 6.87. The first-order valence-corrected chi connectivity index (χ1v) is 9.91. The number of ether oxygens (including phenoxy) is 1. The van der Waals surface area contributed by atoms with E-state index in [4.69, 9.17) is 4.74 Å². The number of hydrogen-bond donors (Lipinski definition) is 0. The van der Waals surface area contributed by atoms with Crippen molar-refractivity contribution in [3.05, 3.63) is 0 Å². The summed E-state index contributed by atoms with van der Waals surface area (Å²) in [7, 11) is -1.45. The van der Waals surface area contributed by atoms with Crippen molar-refractivity contribution < 1.29 is 9.53 Å². The highest BCUT2D eigenvalue weighted by Crippen LogP contribution is 2.25. The second kappa shape index (κ2) is 10.2. The van der Waals surface area contributed by atoms with Gasteiger partial charge >= 0.3 is 5.97 Å². The summed E-state index contributed by atoms with van der Waals surface area (Å²) >= 11 is 0. The number of carbonyl (C=O) groups excluding carboxylic acids is 1. The van der Waals surface area contributed by atoms with E-state index in [9.17, 15) is 4.79 Å². The summed E-state index contributed by atoms with van der Waals surface area (Å²) in [5.74, 6) is 2.92. The van der Waals surface area contributed by atoms with E-state index in [-0.39, 0.29) is 12.4 Å². The predicted octanol–water partition coefficient (Wildman–Crippen LogP) is 4.16. The molecule has 0 fully saturated rings. The van der Waals surface area contributed by atoms with Gasteiger partial charge in [-0.15, -0.1) is 5.54 Å². The maximum atomic E-state index is 11.3. The van der Waals surface area contributed by atoms with E-state index in [1.54, 1.807) is 0 Å². The smallest absolute Gasteiger partial charge is 0.317 e. The molecule has 0 bridgehead atoms. The highest BCUT2D eigenvalue weighted by atomic mass is 28.3. The van der Waals surface area contributed by atoms with Gasteiger partial charge in [0.05, 0.1) is 6.61 Å². The van der Waals surface area contributed by atoms with Crippen LogP contribution in [0.5, 0.6) is 0 Å². The van der Waals surface area contributed by atoms with E-state index in [1.807, 2.05) is 6.92 Å². The normalized spacial score (nSPS) is 10.7. The molecule has 0 amide bonds. The third-order valence-corrected chi connectivity index (χ3v) is 8.16. The van der Waals surface area contributed by atoms with Gasteiger partial charge in [0.1, 0.15) is 14.5 Å². The van der Waals surface area contributed by atoms with Gasteiger partial charge in [-0.25, -0.2) is 0 Å². The Kier molecular flexibility index (Phi) is 9.77. The van der Waals surface area contributed by atoms with Gasteiger partial charge in [-0.2, -0.15) is 0 Å². The van der Waals surface area contributed by atoms with Crippen molar-refractivity contribution in [2.24, 2.45) is 0 Å². The van der Waals surface area contributed by atoms with Crippen LogP contribution in [0.1, 0.15) is 53.4 Å². The van der Waals surface area contributed by atoms with Crippen molar-refractivity contribution in [3.8, 4) is 11.5 Å². The Morgan fingerprint density at radius 1 is 1.00 bits per heavy atom. The Balaban J connectivity index is 4.64. The fraction of sp³-hybridized carbons (Fsp3) is 0.800. The lowest BCUT2D eigenvalue weighted by Crippen LogP contribution is -2.32. The van der Waals surface area contributed by atoms with Crippen molar-refractivity contribution in [2.45, 2.75) is 71.5 Å². The first-order valence-electron chi connectivity index (χ1n) is 7.29. The monoisotopic (exact) mass is 268 g/mol. The second-order valence-corrected chi connectivity index (χ2v) is 9.12.